The molecule has 0 aliphatic carbocycles. The number of hydrogen-bond donors (Lipinski definition) is 2. The number of nitrogens with two attached hydrogens (primary N) is 1. The van der Waals surface area contributed by atoms with E-state index < -0.39 is 5.41 Å². The quantitative estimate of drug-likeness (QED) is 0.725. The number of nitrogens with zero attached hydrogens (tertiary/aromatic N) is 2. The summed E-state index contributed by atoms with van der Waals surface area (Å²) in [5.74, 6) is 0.813. The number of para-hydroxylation sites is 2. The molecule has 24 heavy (non-hydrogen) atoms. The van der Waals surface area contributed by atoms with Gasteiger partial charge in [-0.05, 0) is 43.7 Å². The Bertz CT molecular complexity index is 831. The summed E-state index contributed by atoms with van der Waals surface area (Å²) in [6, 6.07) is 15.3. The number of benzene rings is 2. The molecule has 0 aliphatic rings. The van der Waals surface area contributed by atoms with Gasteiger partial charge in [-0.1, -0.05) is 24.3 Å². The largest absolute Gasteiger partial charge is 0.399 e. The zero-order valence-corrected chi connectivity index (χ0v) is 14.2. The molecule has 0 unspecified atom stereocenters. The van der Waals surface area contributed by atoms with Gasteiger partial charge in [-0.25, -0.2) is 4.98 Å². The Hall–Kier alpha value is -2.82. The molecule has 0 fully saturated rings. The second-order valence-electron chi connectivity index (χ2n) is 6.61. The van der Waals surface area contributed by atoms with Gasteiger partial charge in [-0.15, -0.1) is 0 Å². The number of rotatable bonds is 4. The summed E-state index contributed by atoms with van der Waals surface area (Å²) in [6.07, 6.45) is 0. The van der Waals surface area contributed by atoms with Gasteiger partial charge in [0.25, 0.3) is 0 Å². The molecule has 0 spiro atoms. The molecular formula is C19H22N4O. The minimum absolute atomic E-state index is 0.0349. The van der Waals surface area contributed by atoms with E-state index in [4.69, 9.17) is 5.73 Å². The number of amides is 1. The maximum absolute atomic E-state index is 12.9. The smallest absolute Gasteiger partial charge is 0.232 e. The lowest BCUT2D eigenvalue weighted by atomic mass is 9.83. The molecule has 1 heterocycles. The van der Waals surface area contributed by atoms with Crippen LogP contribution in [0.25, 0.3) is 11.0 Å². The number of H-pyrrole nitrogens is 1. The van der Waals surface area contributed by atoms with Crippen LogP contribution in [0.3, 0.4) is 0 Å². The number of hydrogen-bond acceptors (Lipinski definition) is 3. The minimum atomic E-state index is -0.630. The van der Waals surface area contributed by atoms with Crippen LogP contribution in [0.2, 0.25) is 0 Å². The first-order chi connectivity index (χ1) is 11.4. The first-order valence-corrected chi connectivity index (χ1v) is 7.93. The number of aromatic amines is 1. The van der Waals surface area contributed by atoms with Gasteiger partial charge in [0.15, 0.2) is 0 Å². The van der Waals surface area contributed by atoms with Crippen molar-refractivity contribution < 1.29 is 4.79 Å². The van der Waals surface area contributed by atoms with Crippen molar-refractivity contribution in [3.05, 3.63) is 59.9 Å². The van der Waals surface area contributed by atoms with Crippen LogP contribution in [0.15, 0.2) is 48.5 Å². The Balaban J connectivity index is 1.79. The predicted molar refractivity (Wildman–Crippen MR) is 96.4 cm³/mol. The third kappa shape index (κ3) is 2.97. The molecule has 0 atom stereocenters. The van der Waals surface area contributed by atoms with E-state index in [0.29, 0.717) is 12.2 Å². The molecule has 3 rings (SSSR count). The number of anilines is 1. The topological polar surface area (TPSA) is 75.0 Å². The molecule has 5 nitrogen and oxygen atoms in total. The van der Waals surface area contributed by atoms with E-state index in [-0.39, 0.29) is 5.91 Å². The number of carbonyl (C=O) groups is 1. The van der Waals surface area contributed by atoms with E-state index in [1.807, 2.05) is 62.4 Å². The van der Waals surface area contributed by atoms with E-state index >= 15 is 0 Å². The molecule has 0 bridgehead atoms. The Morgan fingerprint density at radius 3 is 2.50 bits per heavy atom. The number of imidazole rings is 1. The molecular weight excluding hydrogens is 300 g/mol. The maximum Gasteiger partial charge on any atom is 0.232 e. The fourth-order valence-electron chi connectivity index (χ4n) is 2.88. The minimum Gasteiger partial charge on any atom is -0.399 e. The zero-order chi connectivity index (χ0) is 17.3. The number of aromatic nitrogens is 2. The number of nitrogen functional groups attached to an aromatic ring is 1. The van der Waals surface area contributed by atoms with E-state index in [2.05, 4.69) is 9.97 Å². The van der Waals surface area contributed by atoms with Crippen LogP contribution in [-0.4, -0.2) is 27.8 Å². The van der Waals surface area contributed by atoms with Crippen LogP contribution in [0.1, 0.15) is 25.2 Å². The fraction of sp³-hybridized carbons (Fsp3) is 0.263. The van der Waals surface area contributed by atoms with Crippen molar-refractivity contribution in [3.8, 4) is 0 Å². The fourth-order valence-corrected chi connectivity index (χ4v) is 2.88. The second kappa shape index (κ2) is 6.00. The molecule has 1 amide bonds. The van der Waals surface area contributed by atoms with Gasteiger partial charge in [0.05, 0.1) is 23.0 Å². The summed E-state index contributed by atoms with van der Waals surface area (Å²) in [5, 5.41) is 0. The summed E-state index contributed by atoms with van der Waals surface area (Å²) in [4.78, 5) is 22.4. The van der Waals surface area contributed by atoms with Crippen LogP contribution in [-0.2, 0) is 16.8 Å². The lowest BCUT2D eigenvalue weighted by molar-refractivity contribution is -0.135. The lowest BCUT2D eigenvalue weighted by Gasteiger charge is -2.29. The summed E-state index contributed by atoms with van der Waals surface area (Å²) in [5.41, 5.74) is 8.63. The Morgan fingerprint density at radius 1 is 1.17 bits per heavy atom. The summed E-state index contributed by atoms with van der Waals surface area (Å²) in [6.45, 7) is 4.29. The molecule has 5 heteroatoms. The second-order valence-corrected chi connectivity index (χ2v) is 6.61. The van der Waals surface area contributed by atoms with Crippen LogP contribution in [0, 0.1) is 0 Å². The zero-order valence-electron chi connectivity index (χ0n) is 14.2. The number of nitrogens with one attached hydrogen (secondary N) is 1. The van der Waals surface area contributed by atoms with E-state index in [0.717, 1.165) is 22.4 Å². The van der Waals surface area contributed by atoms with Crippen molar-refractivity contribution in [2.75, 3.05) is 12.8 Å². The monoisotopic (exact) mass is 322 g/mol. The summed E-state index contributed by atoms with van der Waals surface area (Å²) >= 11 is 0. The van der Waals surface area contributed by atoms with Gasteiger partial charge in [0, 0.05) is 12.7 Å². The highest BCUT2D eigenvalue weighted by molar-refractivity contribution is 5.87. The Kier molecular flexibility index (Phi) is 4.01. The van der Waals surface area contributed by atoms with Crippen molar-refractivity contribution >= 4 is 22.6 Å². The van der Waals surface area contributed by atoms with Crippen LogP contribution in [0.5, 0.6) is 0 Å². The third-order valence-corrected chi connectivity index (χ3v) is 4.34. The average Bonchev–Trinajstić information content (AvgIpc) is 2.96. The molecule has 0 radical (unpaired) electrons. The lowest BCUT2D eigenvalue weighted by Crippen LogP contribution is -2.41. The van der Waals surface area contributed by atoms with Crippen molar-refractivity contribution in [2.24, 2.45) is 0 Å². The highest BCUT2D eigenvalue weighted by atomic mass is 16.2. The van der Waals surface area contributed by atoms with Crippen LogP contribution in [0.4, 0.5) is 5.69 Å². The van der Waals surface area contributed by atoms with E-state index in [1.54, 1.807) is 11.9 Å². The standard InChI is InChI=1S/C19H22N4O/c1-19(2,13-8-10-14(20)11-9-13)18(24)23(3)12-17-21-15-6-4-5-7-16(15)22-17/h4-11H,12,20H2,1-3H3,(H,21,22). The van der Waals surface area contributed by atoms with Gasteiger partial charge in [-0.3, -0.25) is 4.79 Å². The summed E-state index contributed by atoms with van der Waals surface area (Å²) in [7, 11) is 1.80. The Morgan fingerprint density at radius 2 is 1.83 bits per heavy atom. The average molecular weight is 322 g/mol. The number of likely N-dealkylation sites (N-methyl/N-ethyl adjacent to an activating group) is 1. The molecule has 0 saturated heterocycles. The van der Waals surface area contributed by atoms with E-state index in [1.165, 1.54) is 0 Å². The molecule has 2 aromatic carbocycles. The molecule has 3 aromatic rings. The molecule has 1 aromatic heterocycles. The van der Waals surface area contributed by atoms with E-state index in [9.17, 15) is 4.79 Å². The van der Waals surface area contributed by atoms with Crippen molar-refractivity contribution in [1.82, 2.24) is 14.9 Å². The van der Waals surface area contributed by atoms with Crippen molar-refractivity contribution in [2.45, 2.75) is 25.8 Å². The Labute approximate surface area is 141 Å². The SMILES string of the molecule is CN(Cc1nc2ccccc2[nH]1)C(=O)C(C)(C)c1ccc(N)cc1. The number of carbonyl (C=O) groups excluding carboxylic acids is 1. The van der Waals surface area contributed by atoms with Gasteiger partial charge in [0.2, 0.25) is 5.91 Å². The third-order valence-electron chi connectivity index (χ3n) is 4.34. The first-order valence-electron chi connectivity index (χ1n) is 7.93. The van der Waals surface area contributed by atoms with Gasteiger partial charge in [0.1, 0.15) is 5.82 Å². The molecule has 0 aliphatic heterocycles. The normalized spacial score (nSPS) is 11.6. The summed E-state index contributed by atoms with van der Waals surface area (Å²) < 4.78 is 0. The molecule has 0 saturated carbocycles. The van der Waals surface area contributed by atoms with Gasteiger partial charge < -0.3 is 15.6 Å². The number of fused-ring (bicyclic) bond motifs is 1. The molecule has 124 valence electrons. The van der Waals surface area contributed by atoms with Crippen LogP contribution >= 0.6 is 0 Å². The maximum atomic E-state index is 12.9. The highest BCUT2D eigenvalue weighted by Gasteiger charge is 2.32. The van der Waals surface area contributed by atoms with Gasteiger partial charge in [-0.2, -0.15) is 0 Å². The predicted octanol–water partition coefficient (Wildman–Crippen LogP) is 3.08. The first kappa shape index (κ1) is 16.1. The molecule has 3 N–H and O–H groups in total. The van der Waals surface area contributed by atoms with Crippen molar-refractivity contribution in [3.63, 3.8) is 0 Å². The van der Waals surface area contributed by atoms with Crippen molar-refractivity contribution in [1.29, 1.82) is 0 Å². The highest BCUT2D eigenvalue weighted by Crippen LogP contribution is 2.26. The van der Waals surface area contributed by atoms with Crippen LogP contribution < -0.4 is 5.73 Å². The van der Waals surface area contributed by atoms with Gasteiger partial charge >= 0.3 is 0 Å².